The third-order valence-corrected chi connectivity index (χ3v) is 2.99. The molecule has 4 nitrogen and oxygen atoms in total. The van der Waals surface area contributed by atoms with Crippen LogP contribution in [0.4, 0.5) is 0 Å². The summed E-state index contributed by atoms with van der Waals surface area (Å²) in [5.74, 6) is -0.541. The SMILES string of the molecule is CCOC(=O)C(OCC)[C](=O)[Mg][CH2]C. The minimum atomic E-state index is -0.966. The molecule has 0 bridgehead atoms. The van der Waals surface area contributed by atoms with Gasteiger partial charge in [-0.15, -0.1) is 4.55 Å². The van der Waals surface area contributed by atoms with Crippen LogP contribution in [0.15, 0.2) is 0 Å². The molecule has 0 rings (SSSR count). The highest BCUT2D eigenvalue weighted by atomic mass is 24.5. The second kappa shape index (κ2) is 8.20. The number of rotatable bonds is 7. The van der Waals surface area contributed by atoms with Crippen LogP contribution < -0.4 is 0 Å². The molecular weight excluding hydrogens is 196 g/mol. The van der Waals surface area contributed by atoms with Crippen LogP contribution in [0.1, 0.15) is 20.8 Å². The van der Waals surface area contributed by atoms with Crippen LogP contribution in [0.2, 0.25) is 4.55 Å². The average Bonchev–Trinajstić information content (AvgIpc) is 2.14. The summed E-state index contributed by atoms with van der Waals surface area (Å²) >= 11 is -0.846. The van der Waals surface area contributed by atoms with Gasteiger partial charge in [0.25, 0.3) is 0 Å². The zero-order valence-electron chi connectivity index (χ0n) is 9.04. The lowest BCUT2D eigenvalue weighted by Crippen LogP contribution is -2.37. The van der Waals surface area contributed by atoms with E-state index in [2.05, 4.69) is 0 Å². The molecule has 1 unspecified atom stereocenters. The summed E-state index contributed by atoms with van der Waals surface area (Å²) in [6.07, 6.45) is -0.966. The molecule has 0 amide bonds. The van der Waals surface area contributed by atoms with Gasteiger partial charge in [-0.3, -0.25) is 0 Å². The van der Waals surface area contributed by atoms with Crippen LogP contribution >= 0.6 is 0 Å². The highest BCUT2D eigenvalue weighted by Gasteiger charge is 2.27. The van der Waals surface area contributed by atoms with Crippen LogP contribution in [0.25, 0.3) is 0 Å². The molecule has 0 heterocycles. The van der Waals surface area contributed by atoms with Gasteiger partial charge in [-0.25, -0.2) is 4.79 Å². The number of carbonyl (C=O) groups excluding carboxylic acids is 2. The molecule has 0 spiro atoms. The number of ether oxygens (including phenoxy) is 2. The van der Waals surface area contributed by atoms with E-state index in [9.17, 15) is 9.59 Å². The van der Waals surface area contributed by atoms with Gasteiger partial charge >= 0.3 is 26.3 Å². The summed E-state index contributed by atoms with van der Waals surface area (Å²) < 4.78 is 10.6. The van der Waals surface area contributed by atoms with Crippen LogP contribution in [-0.4, -0.2) is 49.6 Å². The Morgan fingerprint density at radius 1 is 1.21 bits per heavy atom. The fraction of sp³-hybridized carbons (Fsp3) is 0.778. The number of esters is 1. The maximum atomic E-state index is 11.5. The Morgan fingerprint density at radius 2 is 1.86 bits per heavy atom. The van der Waals surface area contributed by atoms with Crippen molar-refractivity contribution in [1.29, 1.82) is 0 Å². The molecule has 0 aromatic carbocycles. The Morgan fingerprint density at radius 3 is 2.29 bits per heavy atom. The third kappa shape index (κ3) is 4.93. The van der Waals surface area contributed by atoms with Crippen molar-refractivity contribution < 1.29 is 19.1 Å². The number of hydrogen-bond acceptors (Lipinski definition) is 4. The minimum absolute atomic E-state index is 0.0622. The normalized spacial score (nSPS) is 11.6. The van der Waals surface area contributed by atoms with Crippen molar-refractivity contribution in [2.75, 3.05) is 13.2 Å². The summed E-state index contributed by atoms with van der Waals surface area (Å²) in [5, 5.41) is 0. The molecule has 0 aromatic rings. The lowest BCUT2D eigenvalue weighted by atomic mass is 10.4. The molecule has 14 heavy (non-hydrogen) atoms. The third-order valence-electron chi connectivity index (χ3n) is 1.62. The van der Waals surface area contributed by atoms with Crippen LogP contribution in [-0.2, 0) is 19.1 Å². The van der Waals surface area contributed by atoms with Crippen LogP contribution in [0, 0.1) is 0 Å². The van der Waals surface area contributed by atoms with Gasteiger partial charge < -0.3 is 14.3 Å². The summed E-state index contributed by atoms with van der Waals surface area (Å²) in [5.41, 5.74) is 0. The smallest absolute Gasteiger partial charge is 0.464 e. The average molecular weight is 213 g/mol. The molecule has 5 heteroatoms. The first-order valence-corrected chi connectivity index (χ1v) is 6.68. The Balaban J connectivity index is 4.25. The van der Waals surface area contributed by atoms with E-state index < -0.39 is 32.4 Å². The van der Waals surface area contributed by atoms with Gasteiger partial charge in [0.05, 0.1) is 6.61 Å². The molecule has 0 saturated carbocycles. The van der Waals surface area contributed by atoms with Gasteiger partial charge in [0.1, 0.15) is 0 Å². The minimum Gasteiger partial charge on any atom is -0.464 e. The molecular formula is C9H16MgO4. The fourth-order valence-corrected chi connectivity index (χ4v) is 2.09. The Hall–Kier alpha value is -0.134. The molecule has 0 N–H and O–H groups in total. The van der Waals surface area contributed by atoms with Gasteiger partial charge in [-0.05, 0) is 13.8 Å². The Kier molecular flexibility index (Phi) is 8.12. The first-order valence-electron chi connectivity index (χ1n) is 4.98. The van der Waals surface area contributed by atoms with Gasteiger partial charge in [0.2, 0.25) is 0 Å². The second-order valence-corrected chi connectivity index (χ2v) is 5.00. The first kappa shape index (κ1) is 13.9. The summed E-state index contributed by atoms with van der Waals surface area (Å²) in [4.78, 5) is 22.8. The van der Waals surface area contributed by atoms with Crippen LogP contribution in [0.5, 0.6) is 0 Å². The van der Waals surface area contributed by atoms with Gasteiger partial charge in [-0.2, -0.15) is 0 Å². The first-order chi connectivity index (χ1) is 6.67. The summed E-state index contributed by atoms with van der Waals surface area (Å²) in [7, 11) is 0. The Labute approximate surface area is 94.0 Å². The predicted octanol–water partition coefficient (Wildman–Crippen LogP) is 0.624. The van der Waals surface area contributed by atoms with E-state index in [0.29, 0.717) is 6.61 Å². The lowest BCUT2D eigenvalue weighted by Gasteiger charge is -2.14. The van der Waals surface area contributed by atoms with Crippen molar-refractivity contribution in [2.24, 2.45) is 0 Å². The highest BCUT2D eigenvalue weighted by molar-refractivity contribution is 6.75. The molecule has 78 valence electrons. The molecule has 0 aliphatic rings. The largest absolute Gasteiger partial charge is 0.473 e. The molecule has 0 aliphatic heterocycles. The molecule has 0 aliphatic carbocycles. The fourth-order valence-electron chi connectivity index (χ4n) is 1.05. The van der Waals surface area contributed by atoms with Crippen molar-refractivity contribution in [3.63, 3.8) is 0 Å². The van der Waals surface area contributed by atoms with Crippen molar-refractivity contribution in [1.82, 2.24) is 0 Å². The van der Waals surface area contributed by atoms with E-state index in [1.807, 2.05) is 6.92 Å². The molecule has 0 fully saturated rings. The second-order valence-electron chi connectivity index (χ2n) is 2.80. The number of hydrogen-bond donors (Lipinski definition) is 0. The molecule has 0 saturated heterocycles. The zero-order valence-corrected chi connectivity index (χ0v) is 10.5. The van der Waals surface area contributed by atoms with E-state index in [-0.39, 0.29) is 10.5 Å². The Bertz CT molecular complexity index is 175. The molecule has 1 atom stereocenters. The zero-order chi connectivity index (χ0) is 11.0. The van der Waals surface area contributed by atoms with Crippen molar-refractivity contribution in [2.45, 2.75) is 31.4 Å². The quantitative estimate of drug-likeness (QED) is 0.353. The standard InChI is InChI=1S/C7H11O4.C2H5.Mg/c1-3-10-6(5-8)7(9)11-4-2;1-2;/h6H,3-4H2,1-2H3;1H2,2H3;. The van der Waals surface area contributed by atoms with E-state index >= 15 is 0 Å². The summed E-state index contributed by atoms with van der Waals surface area (Å²) in [6.45, 7) is 6.05. The van der Waals surface area contributed by atoms with Gasteiger partial charge in [0.15, 0.2) is 6.10 Å². The maximum absolute atomic E-state index is 11.5. The van der Waals surface area contributed by atoms with Crippen molar-refractivity contribution in [3.8, 4) is 0 Å². The van der Waals surface area contributed by atoms with E-state index in [1.165, 1.54) is 0 Å². The molecule has 0 radical (unpaired) electrons. The highest BCUT2D eigenvalue weighted by Crippen LogP contribution is 1.99. The summed E-state index contributed by atoms with van der Waals surface area (Å²) in [6, 6.07) is 0. The van der Waals surface area contributed by atoms with E-state index in [0.717, 1.165) is 4.55 Å². The predicted molar refractivity (Wildman–Crippen MR) is 53.3 cm³/mol. The van der Waals surface area contributed by atoms with Crippen LogP contribution in [0.3, 0.4) is 0 Å². The topological polar surface area (TPSA) is 52.6 Å². The van der Waals surface area contributed by atoms with E-state index in [4.69, 9.17) is 9.47 Å². The lowest BCUT2D eigenvalue weighted by molar-refractivity contribution is -0.158. The van der Waals surface area contributed by atoms with E-state index in [1.54, 1.807) is 13.8 Å². The monoisotopic (exact) mass is 212 g/mol. The van der Waals surface area contributed by atoms with Crippen molar-refractivity contribution >= 4 is 30.2 Å². The van der Waals surface area contributed by atoms with Gasteiger partial charge in [-0.1, -0.05) is 6.92 Å². The van der Waals surface area contributed by atoms with Crippen molar-refractivity contribution in [3.05, 3.63) is 0 Å². The molecule has 0 aromatic heterocycles. The number of carbonyl (C=O) groups is 2. The maximum Gasteiger partial charge on any atom is 0.473 e. The van der Waals surface area contributed by atoms with Gasteiger partial charge in [0, 0.05) is 10.5 Å².